The second-order valence-corrected chi connectivity index (χ2v) is 10.2. The fraction of sp³-hybridized carbons (Fsp3) is 0.455. The summed E-state index contributed by atoms with van der Waals surface area (Å²) < 4.78 is 20.1. The Morgan fingerprint density at radius 3 is 2.14 bits per heavy atom. The Labute approximate surface area is 222 Å². The lowest BCUT2D eigenvalue weighted by Crippen LogP contribution is -2.34. The normalized spacial score (nSPS) is 12.8. The number of aryl methyl sites for hydroxylation is 1. The van der Waals surface area contributed by atoms with Gasteiger partial charge in [0.1, 0.15) is 5.75 Å². The molecule has 0 saturated carbocycles. The third-order valence-electron chi connectivity index (χ3n) is 6.90. The summed E-state index contributed by atoms with van der Waals surface area (Å²) in [5.74, 6) is -0.482. The van der Waals surface area contributed by atoms with Gasteiger partial charge in [0.2, 0.25) is 5.67 Å². The van der Waals surface area contributed by atoms with Crippen molar-refractivity contribution in [1.29, 1.82) is 0 Å². The molecule has 1 heterocycles. The summed E-state index contributed by atoms with van der Waals surface area (Å²) in [4.78, 5) is 17.1. The summed E-state index contributed by atoms with van der Waals surface area (Å²) in [7, 11) is 0. The number of ether oxygens (including phenoxy) is 1. The van der Waals surface area contributed by atoms with Crippen LogP contribution in [0.15, 0.2) is 66.9 Å². The number of alkyl halides is 1. The molecule has 1 atom stereocenters. The van der Waals surface area contributed by atoms with Crippen molar-refractivity contribution in [2.75, 3.05) is 0 Å². The number of nitrogens with zero attached hydrogens (tertiary/aromatic N) is 1. The Hall–Kier alpha value is -3.01. The molecule has 0 amide bonds. The van der Waals surface area contributed by atoms with Crippen molar-refractivity contribution in [3.05, 3.63) is 72.4 Å². The first-order valence-electron chi connectivity index (χ1n) is 14.0. The van der Waals surface area contributed by atoms with Crippen LogP contribution in [0, 0.1) is 0 Å². The van der Waals surface area contributed by atoms with E-state index in [1.165, 1.54) is 51.0 Å². The van der Waals surface area contributed by atoms with Crippen LogP contribution in [-0.2, 0) is 11.2 Å². The molecule has 0 aliphatic heterocycles. The lowest BCUT2D eigenvalue weighted by Gasteiger charge is -2.18. The number of esters is 1. The first-order valence-corrected chi connectivity index (χ1v) is 14.0. The maximum atomic E-state index is 14.8. The predicted molar refractivity (Wildman–Crippen MR) is 151 cm³/mol. The van der Waals surface area contributed by atoms with Crippen LogP contribution in [-0.4, -0.2) is 16.6 Å². The summed E-state index contributed by atoms with van der Waals surface area (Å²) in [6.07, 6.45) is 13.5. The number of rotatable bonds is 15. The van der Waals surface area contributed by atoms with Crippen molar-refractivity contribution >= 4 is 5.97 Å². The van der Waals surface area contributed by atoms with Crippen molar-refractivity contribution in [1.82, 2.24) is 4.98 Å². The topological polar surface area (TPSA) is 39.2 Å². The summed E-state index contributed by atoms with van der Waals surface area (Å²) in [5, 5.41) is 0. The molecule has 3 rings (SSSR count). The van der Waals surface area contributed by atoms with Crippen LogP contribution in [0.2, 0.25) is 0 Å². The minimum atomic E-state index is -1.98. The standard InChI is InChI=1S/C33H42FNO2/c1-4-6-8-9-10-11-15-26-18-23-31(35-25-26)30-17-13-12-16-29(30)27-19-21-28(22-20-27)37-32(36)33(3,34)24-14-7-5-2/h12-13,16-23,25H,4-11,14-15,24H2,1-3H3. The highest BCUT2D eigenvalue weighted by molar-refractivity contribution is 5.83. The lowest BCUT2D eigenvalue weighted by molar-refractivity contribution is -0.147. The maximum Gasteiger partial charge on any atom is 0.348 e. The molecule has 0 aliphatic rings. The van der Waals surface area contributed by atoms with Crippen LogP contribution >= 0.6 is 0 Å². The molecule has 0 bridgehead atoms. The maximum absolute atomic E-state index is 14.8. The van der Waals surface area contributed by atoms with E-state index in [2.05, 4.69) is 38.1 Å². The van der Waals surface area contributed by atoms with Crippen LogP contribution in [0.1, 0.15) is 90.5 Å². The van der Waals surface area contributed by atoms with Gasteiger partial charge in [-0.1, -0.05) is 101 Å². The van der Waals surface area contributed by atoms with Crippen molar-refractivity contribution < 1.29 is 13.9 Å². The minimum absolute atomic E-state index is 0.176. The number of hydrogen-bond donors (Lipinski definition) is 0. The van der Waals surface area contributed by atoms with Gasteiger partial charge in [-0.2, -0.15) is 0 Å². The molecule has 0 saturated heterocycles. The van der Waals surface area contributed by atoms with Gasteiger partial charge >= 0.3 is 5.97 Å². The predicted octanol–water partition coefficient (Wildman–Crippen LogP) is 9.53. The Kier molecular flexibility index (Phi) is 11.3. The molecule has 4 heteroatoms. The summed E-state index contributed by atoms with van der Waals surface area (Å²) in [5.41, 5.74) is 3.31. The van der Waals surface area contributed by atoms with Crippen molar-refractivity contribution in [2.24, 2.45) is 0 Å². The molecule has 0 radical (unpaired) electrons. The first kappa shape index (κ1) is 28.6. The first-order chi connectivity index (χ1) is 17.9. The highest BCUT2D eigenvalue weighted by Crippen LogP contribution is 2.32. The summed E-state index contributed by atoms with van der Waals surface area (Å²) >= 11 is 0. The van der Waals surface area contributed by atoms with Crippen molar-refractivity contribution in [3.63, 3.8) is 0 Å². The molecule has 3 nitrogen and oxygen atoms in total. The molecule has 0 fully saturated rings. The number of carbonyl (C=O) groups excluding carboxylic acids is 1. The second-order valence-electron chi connectivity index (χ2n) is 10.2. The van der Waals surface area contributed by atoms with E-state index >= 15 is 0 Å². The Morgan fingerprint density at radius 1 is 0.811 bits per heavy atom. The van der Waals surface area contributed by atoms with Gasteiger partial charge in [0, 0.05) is 11.8 Å². The zero-order chi connectivity index (χ0) is 26.5. The highest BCUT2D eigenvalue weighted by Gasteiger charge is 2.34. The second kappa shape index (κ2) is 14.7. The van der Waals surface area contributed by atoms with Gasteiger partial charge in [-0.25, -0.2) is 9.18 Å². The van der Waals surface area contributed by atoms with Crippen LogP contribution in [0.4, 0.5) is 4.39 Å². The van der Waals surface area contributed by atoms with Crippen LogP contribution in [0.5, 0.6) is 5.75 Å². The summed E-state index contributed by atoms with van der Waals surface area (Å²) in [6, 6.07) is 19.7. The number of halogens is 1. The highest BCUT2D eigenvalue weighted by atomic mass is 19.1. The van der Waals surface area contributed by atoms with Gasteiger partial charge in [-0.3, -0.25) is 4.98 Å². The number of hydrogen-bond acceptors (Lipinski definition) is 3. The van der Waals surface area contributed by atoms with E-state index in [9.17, 15) is 9.18 Å². The number of pyridine rings is 1. The Bertz CT molecular complexity index is 1090. The molecule has 3 aromatic rings. The van der Waals surface area contributed by atoms with E-state index in [1.807, 2.05) is 30.5 Å². The van der Waals surface area contributed by atoms with E-state index in [1.54, 1.807) is 12.1 Å². The van der Waals surface area contributed by atoms with Crippen molar-refractivity contribution in [3.8, 4) is 28.1 Å². The van der Waals surface area contributed by atoms with Gasteiger partial charge in [-0.05, 0) is 67.5 Å². The average molecular weight is 504 g/mol. The number of aromatic nitrogens is 1. The van der Waals surface area contributed by atoms with Crippen LogP contribution < -0.4 is 4.74 Å². The third kappa shape index (κ3) is 8.80. The largest absolute Gasteiger partial charge is 0.424 e. The fourth-order valence-electron chi connectivity index (χ4n) is 4.52. The monoisotopic (exact) mass is 503 g/mol. The number of carbonyl (C=O) groups is 1. The van der Waals surface area contributed by atoms with Gasteiger partial charge in [0.25, 0.3) is 0 Å². The quantitative estimate of drug-likeness (QED) is 0.118. The van der Waals surface area contributed by atoms with Crippen LogP contribution in [0.25, 0.3) is 22.4 Å². The van der Waals surface area contributed by atoms with Gasteiger partial charge in [0.05, 0.1) is 5.69 Å². The molecule has 0 aliphatic carbocycles. The van der Waals surface area contributed by atoms with Crippen LogP contribution in [0.3, 0.4) is 0 Å². The SMILES string of the molecule is CCCCCCCCc1ccc(-c2ccccc2-c2ccc(OC(=O)C(C)(F)CCCCC)cc2)nc1. The fourth-order valence-corrected chi connectivity index (χ4v) is 4.52. The third-order valence-corrected chi connectivity index (χ3v) is 6.90. The number of unbranched alkanes of at least 4 members (excludes halogenated alkanes) is 7. The Balaban J connectivity index is 1.64. The lowest BCUT2D eigenvalue weighted by atomic mass is 9.96. The zero-order valence-corrected chi connectivity index (χ0v) is 22.8. The van der Waals surface area contributed by atoms with E-state index in [4.69, 9.17) is 9.72 Å². The average Bonchev–Trinajstić information content (AvgIpc) is 2.91. The summed E-state index contributed by atoms with van der Waals surface area (Å²) in [6.45, 7) is 5.60. The molecular formula is C33H42FNO2. The van der Waals surface area contributed by atoms with Gasteiger partial charge in [0.15, 0.2) is 0 Å². The van der Waals surface area contributed by atoms with Gasteiger partial charge < -0.3 is 4.74 Å². The molecule has 198 valence electrons. The van der Waals surface area contributed by atoms with Gasteiger partial charge in [-0.15, -0.1) is 0 Å². The van der Waals surface area contributed by atoms with Crippen molar-refractivity contribution in [2.45, 2.75) is 97.1 Å². The minimum Gasteiger partial charge on any atom is -0.424 e. The molecule has 1 unspecified atom stereocenters. The molecular weight excluding hydrogens is 461 g/mol. The number of benzene rings is 2. The van der Waals surface area contributed by atoms with E-state index in [0.717, 1.165) is 41.6 Å². The van der Waals surface area contributed by atoms with E-state index < -0.39 is 11.6 Å². The smallest absolute Gasteiger partial charge is 0.348 e. The van der Waals surface area contributed by atoms with E-state index in [0.29, 0.717) is 12.2 Å². The van der Waals surface area contributed by atoms with E-state index in [-0.39, 0.29) is 6.42 Å². The molecule has 1 aromatic heterocycles. The Morgan fingerprint density at radius 2 is 1.46 bits per heavy atom. The molecule has 0 spiro atoms. The molecule has 2 aromatic carbocycles. The molecule has 37 heavy (non-hydrogen) atoms. The zero-order valence-electron chi connectivity index (χ0n) is 22.8. The molecule has 0 N–H and O–H groups in total.